The van der Waals surface area contributed by atoms with Crippen LogP contribution in [0.15, 0.2) is 48.5 Å². The smallest absolute Gasteiger partial charge is 0.417 e. The molecule has 0 unspecified atom stereocenters. The number of hydrogen-bond donors (Lipinski definition) is 1. The highest BCUT2D eigenvalue weighted by molar-refractivity contribution is 7.42. The van der Waals surface area contributed by atoms with Crippen molar-refractivity contribution in [1.29, 1.82) is 0 Å². The molecule has 8 heteroatoms. The Morgan fingerprint density at radius 2 is 0.733 bits per heavy atom. The first-order chi connectivity index (χ1) is 33.9. The van der Waals surface area contributed by atoms with Crippen LogP contribution in [0.25, 0.3) is 0 Å². The predicted octanol–water partition coefficient (Wildman–Crippen LogP) is 21.0. The Bertz CT molecular complexity index is 2310. The van der Waals surface area contributed by atoms with Crippen molar-refractivity contribution >= 4 is 17.2 Å². The van der Waals surface area contributed by atoms with Gasteiger partial charge < -0.3 is 23.0 Å². The Labute approximate surface area is 462 Å². The van der Waals surface area contributed by atoms with E-state index in [1.807, 2.05) is 0 Å². The third-order valence-corrected chi connectivity index (χ3v) is 15.9. The van der Waals surface area contributed by atoms with Gasteiger partial charge >= 0.3 is 17.2 Å². The summed E-state index contributed by atoms with van der Waals surface area (Å²) in [7, 11) is -3.82. The van der Waals surface area contributed by atoms with Gasteiger partial charge in [0, 0.05) is 39.8 Å². The Balaban J connectivity index is 0.000000330. The first-order valence-electron chi connectivity index (χ1n) is 28.3. The van der Waals surface area contributed by atoms with Crippen LogP contribution in [0.1, 0.15) is 278 Å². The van der Waals surface area contributed by atoms with Crippen molar-refractivity contribution in [1.82, 2.24) is 0 Å². The van der Waals surface area contributed by atoms with E-state index in [4.69, 9.17) is 22.6 Å². The fourth-order valence-corrected chi connectivity index (χ4v) is 11.3. The van der Waals surface area contributed by atoms with Gasteiger partial charge in [0.05, 0.1) is 6.61 Å². The van der Waals surface area contributed by atoms with Gasteiger partial charge in [-0.1, -0.05) is 265 Å². The first kappa shape index (κ1) is 64.4. The highest BCUT2D eigenvalue weighted by atomic mass is 31.2. The maximum atomic E-state index is 11.3. The van der Waals surface area contributed by atoms with Crippen molar-refractivity contribution in [2.24, 2.45) is 0 Å². The maximum Gasteiger partial charge on any atom is 0.463 e. The van der Waals surface area contributed by atoms with Crippen LogP contribution in [0.2, 0.25) is 0 Å². The van der Waals surface area contributed by atoms with E-state index in [0.717, 1.165) is 58.1 Å². The second-order valence-electron chi connectivity index (χ2n) is 30.0. The van der Waals surface area contributed by atoms with Crippen molar-refractivity contribution in [3.63, 3.8) is 0 Å². The molecule has 0 saturated carbocycles. The molecule has 1 aliphatic heterocycles. The van der Waals surface area contributed by atoms with Gasteiger partial charge in [-0.05, 0) is 85.8 Å². The summed E-state index contributed by atoms with van der Waals surface area (Å²) in [6.45, 7) is 60.7. The lowest BCUT2D eigenvalue weighted by molar-refractivity contribution is 0.253. The Kier molecular flexibility index (Phi) is 20.7. The van der Waals surface area contributed by atoms with Gasteiger partial charge in [0.15, 0.2) is 0 Å². The minimum atomic E-state index is -2.21. The molecule has 75 heavy (non-hydrogen) atoms. The van der Waals surface area contributed by atoms with Gasteiger partial charge in [0.2, 0.25) is 0 Å². The van der Waals surface area contributed by atoms with Crippen molar-refractivity contribution in [2.75, 3.05) is 6.61 Å². The third kappa shape index (κ3) is 17.7. The SMILES string of the molecule is CCCCCCCCOP1Oc2c(cc(C(C)(C)C)cc2C(C)(C)C)Cc2cc(C(C)(C)C)cc(C(C)(C)C)c2O1.Cc1cc(C(C)(C)C)c(OP(O)Oc2c(C(C)(C)C)cc(C)cc2C(C)(C)C)c(C(C)(C)C)c1. The number of rotatable bonds is 12. The van der Waals surface area contributed by atoms with E-state index >= 15 is 0 Å². The van der Waals surface area contributed by atoms with Crippen LogP contribution in [-0.4, -0.2) is 11.5 Å². The molecule has 0 aliphatic carbocycles. The van der Waals surface area contributed by atoms with Crippen LogP contribution in [-0.2, 0) is 54.3 Å². The highest BCUT2D eigenvalue weighted by Gasteiger charge is 2.37. The molecule has 5 rings (SSSR count). The van der Waals surface area contributed by atoms with Crippen LogP contribution in [0.4, 0.5) is 0 Å². The molecule has 420 valence electrons. The summed E-state index contributed by atoms with van der Waals surface area (Å²) >= 11 is 0. The van der Waals surface area contributed by atoms with Crippen LogP contribution in [0.5, 0.6) is 23.0 Å². The number of unbranched alkanes of at least 4 members (excludes halogenated alkanes) is 5. The van der Waals surface area contributed by atoms with E-state index < -0.39 is 17.2 Å². The molecule has 0 spiro atoms. The molecule has 1 aliphatic rings. The van der Waals surface area contributed by atoms with E-state index in [9.17, 15) is 4.89 Å². The fraction of sp³-hybridized carbons (Fsp3) is 0.642. The first-order valence-corrected chi connectivity index (χ1v) is 30.5. The summed E-state index contributed by atoms with van der Waals surface area (Å²) < 4.78 is 32.9. The molecule has 0 aromatic heterocycles. The van der Waals surface area contributed by atoms with Crippen LogP contribution >= 0.6 is 17.2 Å². The van der Waals surface area contributed by atoms with Gasteiger partial charge in [-0.3, -0.25) is 4.52 Å². The molecule has 0 amide bonds. The van der Waals surface area contributed by atoms with Crippen molar-refractivity contribution in [3.8, 4) is 23.0 Å². The summed E-state index contributed by atoms with van der Waals surface area (Å²) in [5.41, 5.74) is 13.6. The minimum absolute atomic E-state index is 0.0273. The largest absolute Gasteiger partial charge is 0.463 e. The average molecular weight is 1070 g/mol. The van der Waals surface area contributed by atoms with Crippen LogP contribution in [0, 0.1) is 13.8 Å². The maximum absolute atomic E-state index is 11.3. The third-order valence-electron chi connectivity index (χ3n) is 14.1. The molecular weight excluding hydrogens is 963 g/mol. The summed E-state index contributed by atoms with van der Waals surface area (Å²) in [4.78, 5) is 11.3. The standard InChI is InChI=1S/C37H59O3P.C30H47O3P/c1-14-15-16-17-18-19-20-38-41-39-32-26(22-28(34(2,3)4)24-30(32)36(8,9)10)21-27-23-29(35(5,6)7)25-31(33(27)40-41)37(11,12)13;1-19-15-21(27(3,4)5)25(22(16-19)28(6,7)8)32-34(31)33-26-23(29(9,10)11)17-20(2)18-24(26)30(12,13)14/h22-25H,14-21H2,1-13H3;15-18,31H,1-14H3. The van der Waals surface area contributed by atoms with Crippen LogP contribution < -0.4 is 18.1 Å². The van der Waals surface area contributed by atoms with Crippen molar-refractivity contribution in [3.05, 3.63) is 115 Å². The summed E-state index contributed by atoms with van der Waals surface area (Å²) in [6, 6.07) is 18.1. The molecule has 0 fully saturated rings. The number of fused-ring (bicyclic) bond motifs is 2. The average Bonchev–Trinajstić information content (AvgIpc) is 3.21. The van der Waals surface area contributed by atoms with E-state index in [1.54, 1.807) is 0 Å². The molecule has 4 aromatic rings. The summed E-state index contributed by atoms with van der Waals surface area (Å²) in [5, 5.41) is 0. The molecule has 0 radical (unpaired) electrons. The molecule has 6 nitrogen and oxygen atoms in total. The Morgan fingerprint density at radius 1 is 0.427 bits per heavy atom. The molecule has 1 heterocycles. The van der Waals surface area contributed by atoms with Gasteiger partial charge in [-0.2, -0.15) is 0 Å². The second kappa shape index (κ2) is 24.1. The lowest BCUT2D eigenvalue weighted by Gasteiger charge is -2.34. The van der Waals surface area contributed by atoms with Gasteiger partial charge in [0.1, 0.15) is 23.0 Å². The van der Waals surface area contributed by atoms with Crippen molar-refractivity contribution < 1.29 is 27.5 Å². The van der Waals surface area contributed by atoms with E-state index in [-0.39, 0.29) is 43.3 Å². The fourth-order valence-electron chi connectivity index (χ4n) is 9.43. The predicted molar refractivity (Wildman–Crippen MR) is 326 cm³/mol. The molecule has 0 bridgehead atoms. The van der Waals surface area contributed by atoms with Gasteiger partial charge in [-0.25, -0.2) is 0 Å². The number of hydrogen-bond acceptors (Lipinski definition) is 6. The Hall–Kier alpha value is -3.14. The van der Waals surface area contributed by atoms with Crippen LogP contribution in [0.3, 0.4) is 0 Å². The quantitative estimate of drug-likeness (QED) is 0.113. The van der Waals surface area contributed by atoms with Gasteiger partial charge in [-0.15, -0.1) is 0 Å². The summed E-state index contributed by atoms with van der Waals surface area (Å²) in [6.07, 6.45) is 8.12. The number of aryl methyl sites for hydroxylation is 2. The zero-order chi connectivity index (χ0) is 57.2. The molecule has 0 atom stereocenters. The zero-order valence-corrected chi connectivity index (χ0v) is 54.4. The Morgan fingerprint density at radius 3 is 1.03 bits per heavy atom. The zero-order valence-electron chi connectivity index (χ0n) is 52.7. The minimum Gasteiger partial charge on any atom is -0.417 e. The topological polar surface area (TPSA) is 66.4 Å². The number of benzene rings is 4. The van der Waals surface area contributed by atoms with E-state index in [2.05, 4.69) is 235 Å². The van der Waals surface area contributed by atoms with E-state index in [0.29, 0.717) is 6.61 Å². The molecular formula is C67H106O6P2. The second-order valence-corrected chi connectivity index (χ2v) is 31.9. The monoisotopic (exact) mass is 1070 g/mol. The lowest BCUT2D eigenvalue weighted by atomic mass is 9.76. The normalized spacial score (nSPS) is 14.3. The highest BCUT2D eigenvalue weighted by Crippen LogP contribution is 2.54. The van der Waals surface area contributed by atoms with E-state index in [1.165, 1.54) is 76.6 Å². The lowest BCUT2D eigenvalue weighted by Crippen LogP contribution is -2.22. The van der Waals surface area contributed by atoms with Crippen molar-refractivity contribution in [2.45, 2.75) is 275 Å². The summed E-state index contributed by atoms with van der Waals surface area (Å²) in [5.74, 6) is 3.37. The molecule has 1 N–H and O–H groups in total. The van der Waals surface area contributed by atoms with Gasteiger partial charge in [0.25, 0.3) is 0 Å². The molecule has 4 aromatic carbocycles. The molecule has 0 saturated heterocycles.